The van der Waals surface area contributed by atoms with Crippen molar-refractivity contribution in [3.05, 3.63) is 0 Å². The average Bonchev–Trinajstić information content (AvgIpc) is 2.31. The van der Waals surface area contributed by atoms with Gasteiger partial charge < -0.3 is 20.9 Å². The predicted molar refractivity (Wildman–Crippen MR) is 70.7 cm³/mol. The fraction of sp³-hybridized carbons (Fsp3) is 0.769. The molecular formula is C13H22N2O5. The second-order valence-corrected chi connectivity index (χ2v) is 5.08. The number of carboxylic acid groups (broad SMARTS) is 1. The SMILES string of the molecule is CCOC1CC(CC(=O)NC(CCC(N)=O)C(=O)O)C1. The predicted octanol–water partition coefficient (Wildman–Crippen LogP) is 0.0265. The number of rotatable bonds is 9. The lowest BCUT2D eigenvalue weighted by Crippen LogP contribution is -2.43. The number of ether oxygens (including phenoxy) is 1. The van der Waals surface area contributed by atoms with Crippen LogP contribution in [0.1, 0.15) is 39.0 Å². The highest BCUT2D eigenvalue weighted by molar-refractivity contribution is 5.84. The Labute approximate surface area is 117 Å². The van der Waals surface area contributed by atoms with Crippen LogP contribution in [0.4, 0.5) is 0 Å². The van der Waals surface area contributed by atoms with E-state index in [4.69, 9.17) is 15.6 Å². The summed E-state index contributed by atoms with van der Waals surface area (Å²) in [4.78, 5) is 33.4. The second-order valence-electron chi connectivity index (χ2n) is 5.08. The molecule has 0 bridgehead atoms. The molecule has 1 unspecified atom stereocenters. The van der Waals surface area contributed by atoms with Crippen molar-refractivity contribution in [2.24, 2.45) is 11.7 Å². The molecule has 7 heteroatoms. The standard InChI is InChI=1S/C13H22N2O5/c1-2-20-9-5-8(6-9)7-12(17)15-10(13(18)19)3-4-11(14)16/h8-10H,2-7H2,1H3,(H2,14,16)(H,15,17)(H,18,19). The van der Waals surface area contributed by atoms with Crippen molar-refractivity contribution < 1.29 is 24.2 Å². The van der Waals surface area contributed by atoms with Crippen LogP contribution < -0.4 is 11.1 Å². The Morgan fingerprint density at radius 2 is 2.05 bits per heavy atom. The number of carbonyl (C=O) groups is 3. The third kappa shape index (κ3) is 5.56. The highest BCUT2D eigenvalue weighted by atomic mass is 16.5. The summed E-state index contributed by atoms with van der Waals surface area (Å²) >= 11 is 0. The van der Waals surface area contributed by atoms with Crippen molar-refractivity contribution in [1.29, 1.82) is 0 Å². The van der Waals surface area contributed by atoms with Crippen LogP contribution in [0, 0.1) is 5.92 Å². The third-order valence-corrected chi connectivity index (χ3v) is 3.38. The fourth-order valence-electron chi connectivity index (χ4n) is 2.27. The quantitative estimate of drug-likeness (QED) is 0.552. The molecule has 1 fully saturated rings. The van der Waals surface area contributed by atoms with E-state index in [2.05, 4.69) is 5.32 Å². The Morgan fingerprint density at radius 3 is 2.55 bits per heavy atom. The number of hydrogen-bond acceptors (Lipinski definition) is 4. The molecule has 0 heterocycles. The van der Waals surface area contributed by atoms with Gasteiger partial charge in [-0.3, -0.25) is 9.59 Å². The summed E-state index contributed by atoms with van der Waals surface area (Å²) in [5.74, 6) is -1.79. The van der Waals surface area contributed by atoms with Crippen LogP contribution in [-0.2, 0) is 19.1 Å². The summed E-state index contributed by atoms with van der Waals surface area (Å²) in [6.07, 6.45) is 2.14. The topological polar surface area (TPSA) is 119 Å². The largest absolute Gasteiger partial charge is 0.480 e. The molecule has 7 nitrogen and oxygen atoms in total. The lowest BCUT2D eigenvalue weighted by molar-refractivity contribution is -0.142. The summed E-state index contributed by atoms with van der Waals surface area (Å²) in [7, 11) is 0. The first-order chi connectivity index (χ1) is 9.42. The summed E-state index contributed by atoms with van der Waals surface area (Å²) in [6, 6.07) is -1.06. The number of carboxylic acids is 1. The van der Waals surface area contributed by atoms with Gasteiger partial charge in [-0.1, -0.05) is 0 Å². The number of aliphatic carboxylic acids is 1. The third-order valence-electron chi connectivity index (χ3n) is 3.38. The molecule has 114 valence electrons. The number of nitrogens with one attached hydrogen (secondary N) is 1. The summed E-state index contributed by atoms with van der Waals surface area (Å²) in [5, 5.41) is 11.4. The highest BCUT2D eigenvalue weighted by Gasteiger charge is 2.32. The van der Waals surface area contributed by atoms with Crippen LogP contribution in [0.5, 0.6) is 0 Å². The van der Waals surface area contributed by atoms with E-state index < -0.39 is 17.9 Å². The van der Waals surface area contributed by atoms with E-state index in [0.29, 0.717) is 13.0 Å². The number of amides is 2. The van der Waals surface area contributed by atoms with Gasteiger partial charge in [-0.15, -0.1) is 0 Å². The van der Waals surface area contributed by atoms with Gasteiger partial charge in [0.05, 0.1) is 6.10 Å². The van der Waals surface area contributed by atoms with Crippen molar-refractivity contribution in [2.45, 2.75) is 51.2 Å². The molecule has 2 amide bonds. The molecule has 1 rings (SSSR count). The Balaban J connectivity index is 2.28. The zero-order chi connectivity index (χ0) is 15.1. The van der Waals surface area contributed by atoms with Gasteiger partial charge in [0.2, 0.25) is 11.8 Å². The zero-order valence-corrected chi connectivity index (χ0v) is 11.6. The van der Waals surface area contributed by atoms with Gasteiger partial charge in [-0.2, -0.15) is 0 Å². The Hall–Kier alpha value is -1.63. The van der Waals surface area contributed by atoms with E-state index >= 15 is 0 Å². The normalized spacial score (nSPS) is 22.6. The Bertz CT molecular complexity index is 366. The lowest BCUT2D eigenvalue weighted by atomic mass is 9.80. The molecule has 0 spiro atoms. The molecule has 1 atom stereocenters. The Morgan fingerprint density at radius 1 is 1.40 bits per heavy atom. The first kappa shape index (κ1) is 16.4. The number of carbonyl (C=O) groups excluding carboxylic acids is 2. The van der Waals surface area contributed by atoms with Gasteiger partial charge in [0, 0.05) is 19.4 Å². The molecule has 0 saturated heterocycles. The van der Waals surface area contributed by atoms with Gasteiger partial charge in [-0.05, 0) is 32.1 Å². The summed E-state index contributed by atoms with van der Waals surface area (Å²) in [6.45, 7) is 2.59. The van der Waals surface area contributed by atoms with Crippen LogP contribution >= 0.6 is 0 Å². The molecule has 20 heavy (non-hydrogen) atoms. The van der Waals surface area contributed by atoms with Crippen molar-refractivity contribution in [2.75, 3.05) is 6.61 Å². The summed E-state index contributed by atoms with van der Waals surface area (Å²) < 4.78 is 5.40. The first-order valence-corrected chi connectivity index (χ1v) is 6.84. The van der Waals surface area contributed by atoms with Gasteiger partial charge in [0.25, 0.3) is 0 Å². The minimum absolute atomic E-state index is 0.0165. The zero-order valence-electron chi connectivity index (χ0n) is 11.6. The van der Waals surface area contributed by atoms with E-state index in [0.717, 1.165) is 12.8 Å². The lowest BCUT2D eigenvalue weighted by Gasteiger charge is -2.34. The second kappa shape index (κ2) is 7.84. The van der Waals surface area contributed by atoms with E-state index in [1.165, 1.54) is 0 Å². The first-order valence-electron chi connectivity index (χ1n) is 6.84. The van der Waals surface area contributed by atoms with Crippen LogP contribution in [0.25, 0.3) is 0 Å². The maximum Gasteiger partial charge on any atom is 0.326 e. The smallest absolute Gasteiger partial charge is 0.326 e. The number of primary amides is 1. The van der Waals surface area contributed by atoms with Crippen molar-refractivity contribution in [3.63, 3.8) is 0 Å². The van der Waals surface area contributed by atoms with Crippen molar-refractivity contribution >= 4 is 17.8 Å². The fourth-order valence-corrected chi connectivity index (χ4v) is 2.27. The molecule has 1 aliphatic rings. The van der Waals surface area contributed by atoms with Crippen LogP contribution in [0.15, 0.2) is 0 Å². The maximum absolute atomic E-state index is 11.7. The van der Waals surface area contributed by atoms with Crippen LogP contribution in [0.3, 0.4) is 0 Å². The highest BCUT2D eigenvalue weighted by Crippen LogP contribution is 2.32. The van der Waals surface area contributed by atoms with E-state index in [9.17, 15) is 14.4 Å². The monoisotopic (exact) mass is 286 g/mol. The van der Waals surface area contributed by atoms with Crippen LogP contribution in [0.2, 0.25) is 0 Å². The minimum Gasteiger partial charge on any atom is -0.480 e. The van der Waals surface area contributed by atoms with Gasteiger partial charge in [-0.25, -0.2) is 4.79 Å². The summed E-state index contributed by atoms with van der Waals surface area (Å²) in [5.41, 5.74) is 4.97. The number of hydrogen-bond donors (Lipinski definition) is 3. The molecule has 0 aliphatic heterocycles. The van der Waals surface area contributed by atoms with Crippen molar-refractivity contribution in [3.8, 4) is 0 Å². The molecule has 0 radical (unpaired) electrons. The van der Waals surface area contributed by atoms with E-state index in [1.54, 1.807) is 0 Å². The van der Waals surface area contributed by atoms with Crippen LogP contribution in [-0.4, -0.2) is 41.6 Å². The molecule has 1 aliphatic carbocycles. The average molecular weight is 286 g/mol. The van der Waals surface area contributed by atoms with Gasteiger partial charge in [0.15, 0.2) is 0 Å². The molecular weight excluding hydrogens is 264 g/mol. The molecule has 0 aromatic carbocycles. The van der Waals surface area contributed by atoms with Gasteiger partial charge >= 0.3 is 5.97 Å². The molecule has 1 saturated carbocycles. The molecule has 0 aromatic heterocycles. The minimum atomic E-state index is -1.15. The van der Waals surface area contributed by atoms with E-state index in [-0.39, 0.29) is 30.8 Å². The van der Waals surface area contributed by atoms with Gasteiger partial charge in [0.1, 0.15) is 6.04 Å². The molecule has 4 N–H and O–H groups in total. The van der Waals surface area contributed by atoms with E-state index in [1.807, 2.05) is 6.92 Å². The Kier molecular flexibility index (Phi) is 6.44. The maximum atomic E-state index is 11.7. The number of nitrogens with two attached hydrogens (primary N) is 1. The van der Waals surface area contributed by atoms with Crippen molar-refractivity contribution in [1.82, 2.24) is 5.32 Å². The molecule has 0 aromatic rings.